The zero-order valence-corrected chi connectivity index (χ0v) is 66.2. The van der Waals surface area contributed by atoms with Crippen LogP contribution >= 0.6 is 0 Å². The SMILES string of the molecule is N#Cc1ccc2c3cc(-c4ccc5c(c4)c4ccccc4n5-c4ccc(-c5ccccc5)cc4)ccc3n(-c3ccc(-c4ccccc4)cc3)c2c1.c1ccc(-c2ccc(-n3c4ccccc4c4cc(-c5ccc6c(c5)c5cc(C(c7ccccc7)(c7ccccc7)c7ccccc7)ccc5n6-c5ccc(-c6ccccc6)cc5)ccc43)cc2)cc1. The van der Waals surface area contributed by atoms with Gasteiger partial charge in [0.15, 0.2) is 0 Å². The molecular weight excluding hydrogens is 1460 g/mol. The minimum absolute atomic E-state index is 0.581. The van der Waals surface area contributed by atoms with Gasteiger partial charge in [-0.05, 0) is 222 Å². The van der Waals surface area contributed by atoms with Crippen LogP contribution in [-0.4, -0.2) is 18.3 Å². The smallest absolute Gasteiger partial charge is 0.0992 e. The van der Waals surface area contributed by atoms with E-state index in [0.717, 1.165) is 50.1 Å². The largest absolute Gasteiger partial charge is 0.309 e. The maximum atomic E-state index is 9.82. The van der Waals surface area contributed by atoms with Gasteiger partial charge >= 0.3 is 0 Å². The zero-order chi connectivity index (χ0) is 80.3. The average molecular weight is 1540 g/mol. The second kappa shape index (κ2) is 30.2. The minimum atomic E-state index is -0.581. The van der Waals surface area contributed by atoms with Gasteiger partial charge in [-0.15, -0.1) is 0 Å². The summed E-state index contributed by atoms with van der Waals surface area (Å²) in [6.45, 7) is 0. The second-order valence-electron chi connectivity index (χ2n) is 31.4. The highest BCUT2D eigenvalue weighted by molar-refractivity contribution is 6.15. The quantitative estimate of drug-likeness (QED) is 0.100. The maximum Gasteiger partial charge on any atom is 0.0992 e. The van der Waals surface area contributed by atoms with Crippen LogP contribution in [0.15, 0.2) is 467 Å². The molecule has 0 fully saturated rings. The first-order valence-corrected chi connectivity index (χ1v) is 41.4. The molecule has 0 unspecified atom stereocenters. The molecule has 0 aliphatic heterocycles. The van der Waals surface area contributed by atoms with Gasteiger partial charge in [0.05, 0.1) is 61.2 Å². The fourth-order valence-corrected chi connectivity index (χ4v) is 18.9. The number of benzene rings is 19. The van der Waals surface area contributed by atoms with Crippen molar-refractivity contribution in [1.29, 1.82) is 5.26 Å². The summed E-state index contributed by atoms with van der Waals surface area (Å²) in [4.78, 5) is 0. The molecule has 19 aromatic carbocycles. The van der Waals surface area contributed by atoms with E-state index in [9.17, 15) is 5.26 Å². The summed E-state index contributed by atoms with van der Waals surface area (Å²) in [5.41, 5.74) is 32.9. The van der Waals surface area contributed by atoms with Crippen LogP contribution in [0.5, 0.6) is 0 Å². The Morgan fingerprint density at radius 1 is 0.157 bits per heavy atom. The topological polar surface area (TPSA) is 43.5 Å². The van der Waals surface area contributed by atoms with Gasteiger partial charge in [0.25, 0.3) is 0 Å². The van der Waals surface area contributed by atoms with E-state index in [1.165, 1.54) is 149 Å². The Morgan fingerprint density at radius 3 is 0.702 bits per heavy atom. The number of aromatic nitrogens is 4. The molecule has 0 radical (unpaired) electrons. The van der Waals surface area contributed by atoms with E-state index in [-0.39, 0.29) is 0 Å². The monoisotopic (exact) mass is 1540 g/mol. The van der Waals surface area contributed by atoms with Gasteiger partial charge in [0.2, 0.25) is 0 Å². The first-order chi connectivity index (χ1) is 59.9. The van der Waals surface area contributed by atoms with Gasteiger partial charge in [-0.2, -0.15) is 5.26 Å². The van der Waals surface area contributed by atoms with E-state index in [4.69, 9.17) is 0 Å². The number of hydrogen-bond donors (Lipinski definition) is 0. The molecule has 0 atom stereocenters. The van der Waals surface area contributed by atoms with Crippen LogP contribution in [0.3, 0.4) is 0 Å². The van der Waals surface area contributed by atoms with Crippen LogP contribution in [-0.2, 0) is 5.41 Å². The summed E-state index contributed by atoms with van der Waals surface area (Å²) >= 11 is 0. The molecule has 0 amide bonds. The van der Waals surface area contributed by atoms with Crippen molar-refractivity contribution in [2.45, 2.75) is 5.41 Å². The fraction of sp³-hybridized carbons (Fsp3) is 0.00862. The lowest BCUT2D eigenvalue weighted by Gasteiger charge is -2.37. The van der Waals surface area contributed by atoms with Crippen molar-refractivity contribution >= 4 is 87.2 Å². The number of nitriles is 1. The van der Waals surface area contributed by atoms with E-state index in [2.05, 4.69) is 473 Å². The molecule has 5 nitrogen and oxygen atoms in total. The van der Waals surface area contributed by atoms with Crippen LogP contribution in [0.2, 0.25) is 0 Å². The lowest BCUT2D eigenvalue weighted by atomic mass is 9.65. The maximum absolute atomic E-state index is 9.82. The molecule has 23 rings (SSSR count). The molecule has 0 saturated carbocycles. The van der Waals surface area contributed by atoms with Crippen LogP contribution in [0.4, 0.5) is 0 Å². The van der Waals surface area contributed by atoms with Crippen molar-refractivity contribution in [2.24, 2.45) is 0 Å². The number of para-hydroxylation sites is 2. The normalized spacial score (nSPS) is 11.6. The third-order valence-electron chi connectivity index (χ3n) is 24.7. The van der Waals surface area contributed by atoms with E-state index in [1.807, 2.05) is 18.2 Å². The highest BCUT2D eigenvalue weighted by atomic mass is 15.0. The van der Waals surface area contributed by atoms with Crippen molar-refractivity contribution in [3.8, 4) is 95.6 Å². The van der Waals surface area contributed by atoms with E-state index < -0.39 is 5.41 Å². The highest BCUT2D eigenvalue weighted by Crippen LogP contribution is 2.49. The molecule has 23 aromatic rings. The lowest BCUT2D eigenvalue weighted by molar-refractivity contribution is 0.746. The average Bonchev–Trinajstić information content (AvgIpc) is 1.71. The predicted octanol–water partition coefficient (Wildman–Crippen LogP) is 30.0. The van der Waals surface area contributed by atoms with Crippen LogP contribution in [0.25, 0.3) is 177 Å². The van der Waals surface area contributed by atoms with Crippen molar-refractivity contribution in [3.63, 3.8) is 0 Å². The lowest BCUT2D eigenvalue weighted by Crippen LogP contribution is -2.30. The number of fused-ring (bicyclic) bond motifs is 12. The van der Waals surface area contributed by atoms with Gasteiger partial charge < -0.3 is 18.3 Å². The summed E-state index contributed by atoms with van der Waals surface area (Å²) < 4.78 is 9.50. The van der Waals surface area contributed by atoms with Crippen LogP contribution in [0, 0.1) is 11.3 Å². The molecule has 121 heavy (non-hydrogen) atoms. The van der Waals surface area contributed by atoms with E-state index in [1.54, 1.807) is 0 Å². The van der Waals surface area contributed by atoms with Crippen molar-refractivity contribution in [2.75, 3.05) is 0 Å². The molecule has 0 saturated heterocycles. The molecular formula is C116H77N5. The van der Waals surface area contributed by atoms with Gasteiger partial charge in [-0.1, -0.05) is 334 Å². The molecule has 0 aliphatic rings. The highest BCUT2D eigenvalue weighted by Gasteiger charge is 2.39. The van der Waals surface area contributed by atoms with Crippen molar-refractivity contribution in [3.05, 3.63) is 495 Å². The summed E-state index contributed by atoms with van der Waals surface area (Å²) in [7, 11) is 0. The van der Waals surface area contributed by atoms with Gasteiger partial charge in [0, 0.05) is 65.8 Å². The summed E-state index contributed by atoms with van der Waals surface area (Å²) in [6.07, 6.45) is 0. The Bertz CT molecular complexity index is 7760. The Morgan fingerprint density at radius 2 is 0.388 bits per heavy atom. The summed E-state index contributed by atoms with van der Waals surface area (Å²) in [5, 5.41) is 19.4. The van der Waals surface area contributed by atoms with Gasteiger partial charge in [0.1, 0.15) is 0 Å². The third kappa shape index (κ3) is 12.5. The third-order valence-corrected chi connectivity index (χ3v) is 24.7. The van der Waals surface area contributed by atoms with Gasteiger partial charge in [-0.25, -0.2) is 0 Å². The molecule has 0 aliphatic carbocycles. The molecule has 0 N–H and O–H groups in total. The van der Waals surface area contributed by atoms with Crippen molar-refractivity contribution in [1.82, 2.24) is 18.3 Å². The number of nitrogens with zero attached hydrogens (tertiary/aromatic N) is 5. The molecule has 0 spiro atoms. The summed E-state index contributed by atoms with van der Waals surface area (Å²) in [5.74, 6) is 0. The molecule has 566 valence electrons. The standard InChI is InChI=1S/C67H46N2.C49H31N3/c1-6-18-47(19-7-1)49-30-37-57(38-31-49)68-63-29-17-16-28-59(63)60-44-51(34-41-64(60)68)52-35-42-65-61(45-52)62-46-56(36-43-66(62)69(65)58-39-32-50(33-40-58)48-20-8-2-9-21-48)67(53-22-10-3-11-23-53,54-24-12-4-13-25-54)55-26-14-5-15-27-55;50-32-33-15-26-43-45-31-39(21-28-48(45)52(49(43)29-33)41-24-18-37(19-25-41)35-11-5-2-6-12-35)38-20-27-47-44(30-38)42-13-7-8-14-46(42)51(47)40-22-16-36(17-23-40)34-9-3-1-4-10-34/h1-46H;1-31H. The Balaban J connectivity index is 0.000000151. The first-order valence-electron chi connectivity index (χ1n) is 41.4. The first kappa shape index (κ1) is 71.4. The van der Waals surface area contributed by atoms with E-state index in [0.29, 0.717) is 5.56 Å². The molecule has 5 heteroatoms. The zero-order valence-electron chi connectivity index (χ0n) is 66.2. The van der Waals surface area contributed by atoms with E-state index >= 15 is 0 Å². The Labute approximate surface area is 701 Å². The van der Waals surface area contributed by atoms with Crippen LogP contribution in [0.1, 0.15) is 27.8 Å². The minimum Gasteiger partial charge on any atom is -0.309 e. The second-order valence-corrected chi connectivity index (χ2v) is 31.4. The van der Waals surface area contributed by atoms with Crippen LogP contribution < -0.4 is 0 Å². The number of hydrogen-bond acceptors (Lipinski definition) is 1. The Kier molecular flexibility index (Phi) is 17.8. The summed E-state index contributed by atoms with van der Waals surface area (Å²) in [6, 6.07) is 172. The predicted molar refractivity (Wildman–Crippen MR) is 506 cm³/mol. The van der Waals surface area contributed by atoms with Crippen molar-refractivity contribution < 1.29 is 0 Å². The fourth-order valence-electron chi connectivity index (χ4n) is 18.9. The number of rotatable bonds is 14. The molecule has 4 aromatic heterocycles. The molecule has 4 heterocycles. The van der Waals surface area contributed by atoms with Gasteiger partial charge in [-0.3, -0.25) is 0 Å². The Hall–Kier alpha value is -16.1. The molecule has 0 bridgehead atoms.